The van der Waals surface area contributed by atoms with Gasteiger partial charge >= 0.3 is 0 Å². The molecule has 0 unspecified atom stereocenters. The first kappa shape index (κ1) is 13.1. The van der Waals surface area contributed by atoms with Gasteiger partial charge in [0.05, 0.1) is 0 Å². The van der Waals surface area contributed by atoms with Gasteiger partial charge < -0.3 is 14.8 Å². The second kappa shape index (κ2) is 4.69. The van der Waals surface area contributed by atoms with Crippen LogP contribution in [0.3, 0.4) is 0 Å². The lowest BCUT2D eigenvalue weighted by molar-refractivity contribution is -0.116. The summed E-state index contributed by atoms with van der Waals surface area (Å²) in [5, 5.41) is 2.75. The smallest absolute Gasteiger partial charge is 0.231 e. The number of anilines is 1. The predicted molar refractivity (Wildman–Crippen MR) is 74.0 cm³/mol. The first-order chi connectivity index (χ1) is 10.6. The van der Waals surface area contributed by atoms with Gasteiger partial charge in [-0.3, -0.25) is 4.79 Å². The molecule has 2 aromatic rings. The minimum absolute atomic E-state index is 0.0925. The molecule has 0 fully saturated rings. The number of hydrogen-bond acceptors (Lipinski definition) is 3. The lowest BCUT2D eigenvalue weighted by Gasteiger charge is -2.26. The SMILES string of the molecule is O=C1C[C@H](c2ccc(F)cc2F)c2cc3c(cc2N1)OCO3. The van der Waals surface area contributed by atoms with E-state index in [2.05, 4.69) is 5.32 Å². The first-order valence-corrected chi connectivity index (χ1v) is 6.80. The maximum Gasteiger partial charge on any atom is 0.231 e. The highest BCUT2D eigenvalue weighted by atomic mass is 19.1. The summed E-state index contributed by atoms with van der Waals surface area (Å²) in [6.07, 6.45) is 0.0925. The highest BCUT2D eigenvalue weighted by Crippen LogP contribution is 2.45. The number of hydrogen-bond donors (Lipinski definition) is 1. The van der Waals surface area contributed by atoms with Crippen LogP contribution in [-0.2, 0) is 4.79 Å². The predicted octanol–water partition coefficient (Wildman–Crippen LogP) is 3.17. The number of halogens is 2. The number of nitrogens with one attached hydrogen (secondary N) is 1. The largest absolute Gasteiger partial charge is 0.454 e. The zero-order chi connectivity index (χ0) is 15.3. The molecule has 0 saturated heterocycles. The molecule has 6 heteroatoms. The van der Waals surface area contributed by atoms with Crippen molar-refractivity contribution in [3.05, 3.63) is 53.1 Å². The summed E-state index contributed by atoms with van der Waals surface area (Å²) in [5.41, 5.74) is 1.58. The highest BCUT2D eigenvalue weighted by molar-refractivity contribution is 5.96. The van der Waals surface area contributed by atoms with Gasteiger partial charge in [0.2, 0.25) is 12.7 Å². The molecule has 2 heterocycles. The monoisotopic (exact) mass is 303 g/mol. The lowest BCUT2D eigenvalue weighted by Crippen LogP contribution is -2.24. The van der Waals surface area contributed by atoms with Crippen molar-refractivity contribution in [2.75, 3.05) is 12.1 Å². The van der Waals surface area contributed by atoms with E-state index in [1.807, 2.05) is 0 Å². The van der Waals surface area contributed by atoms with Crippen molar-refractivity contribution in [1.29, 1.82) is 0 Å². The Balaban J connectivity index is 1.86. The summed E-state index contributed by atoms with van der Waals surface area (Å²) in [7, 11) is 0. The highest BCUT2D eigenvalue weighted by Gasteiger charge is 2.31. The molecule has 22 heavy (non-hydrogen) atoms. The Kier molecular flexibility index (Phi) is 2.79. The van der Waals surface area contributed by atoms with E-state index in [0.29, 0.717) is 17.2 Å². The summed E-state index contributed by atoms with van der Waals surface area (Å²) in [6, 6.07) is 6.81. The van der Waals surface area contributed by atoms with Crippen LogP contribution >= 0.6 is 0 Å². The van der Waals surface area contributed by atoms with Gasteiger partial charge in [-0.2, -0.15) is 0 Å². The van der Waals surface area contributed by atoms with Gasteiger partial charge in [0.25, 0.3) is 0 Å². The number of ether oxygens (including phenoxy) is 2. The van der Waals surface area contributed by atoms with E-state index in [1.165, 1.54) is 12.1 Å². The summed E-state index contributed by atoms with van der Waals surface area (Å²) >= 11 is 0. The minimum Gasteiger partial charge on any atom is -0.454 e. The first-order valence-electron chi connectivity index (χ1n) is 6.80. The molecule has 1 atom stereocenters. The molecule has 4 nitrogen and oxygen atoms in total. The molecular formula is C16H11F2NO3. The minimum atomic E-state index is -0.664. The van der Waals surface area contributed by atoms with Gasteiger partial charge in [0, 0.05) is 30.2 Å². The molecular weight excluding hydrogens is 292 g/mol. The van der Waals surface area contributed by atoms with E-state index in [1.54, 1.807) is 12.1 Å². The van der Waals surface area contributed by atoms with E-state index >= 15 is 0 Å². The van der Waals surface area contributed by atoms with Crippen LogP contribution in [0, 0.1) is 11.6 Å². The second-order valence-corrected chi connectivity index (χ2v) is 5.26. The van der Waals surface area contributed by atoms with Crippen molar-refractivity contribution in [3.8, 4) is 11.5 Å². The van der Waals surface area contributed by atoms with Crippen LogP contribution in [0.5, 0.6) is 11.5 Å². The molecule has 0 bridgehead atoms. The standard InChI is InChI=1S/C16H11F2NO3/c17-8-1-2-9(12(18)3-8)10-5-16(20)19-13-6-15-14(4-11(10)13)21-7-22-15/h1-4,6,10H,5,7H2,(H,19,20)/t10-/m1/s1. The van der Waals surface area contributed by atoms with Crippen LogP contribution in [0.15, 0.2) is 30.3 Å². The molecule has 0 aromatic heterocycles. The normalized spacial score (nSPS) is 18.8. The Morgan fingerprint density at radius 3 is 2.59 bits per heavy atom. The molecule has 1 N–H and O–H groups in total. The topological polar surface area (TPSA) is 47.6 Å². The zero-order valence-corrected chi connectivity index (χ0v) is 11.4. The molecule has 4 rings (SSSR count). The van der Waals surface area contributed by atoms with E-state index in [0.717, 1.165) is 11.6 Å². The van der Waals surface area contributed by atoms with Gasteiger partial charge in [-0.15, -0.1) is 0 Å². The third kappa shape index (κ3) is 1.99. The fraction of sp³-hybridized carbons (Fsp3) is 0.188. The zero-order valence-electron chi connectivity index (χ0n) is 11.4. The number of carbonyl (C=O) groups excluding carboxylic acids is 1. The van der Waals surface area contributed by atoms with Gasteiger partial charge in [-0.25, -0.2) is 8.78 Å². The number of benzene rings is 2. The molecule has 1 amide bonds. The van der Waals surface area contributed by atoms with E-state index in [4.69, 9.17) is 9.47 Å². The quantitative estimate of drug-likeness (QED) is 0.880. The van der Waals surface area contributed by atoms with Gasteiger partial charge in [-0.1, -0.05) is 6.07 Å². The van der Waals surface area contributed by atoms with Crippen LogP contribution < -0.4 is 14.8 Å². The summed E-state index contributed by atoms with van der Waals surface area (Å²) in [4.78, 5) is 11.9. The fourth-order valence-electron chi connectivity index (χ4n) is 2.91. The van der Waals surface area contributed by atoms with Crippen LogP contribution in [0.4, 0.5) is 14.5 Å². The average molecular weight is 303 g/mol. The Morgan fingerprint density at radius 1 is 1.05 bits per heavy atom. The number of rotatable bonds is 1. The Morgan fingerprint density at radius 2 is 1.82 bits per heavy atom. The number of amides is 1. The molecule has 0 aliphatic carbocycles. The van der Waals surface area contributed by atoms with Crippen molar-refractivity contribution in [1.82, 2.24) is 0 Å². The number of fused-ring (bicyclic) bond motifs is 2. The Hall–Kier alpha value is -2.63. The molecule has 112 valence electrons. The molecule has 2 aliphatic heterocycles. The average Bonchev–Trinajstić information content (AvgIpc) is 2.91. The van der Waals surface area contributed by atoms with E-state index in [-0.39, 0.29) is 24.7 Å². The fourth-order valence-corrected chi connectivity index (χ4v) is 2.91. The van der Waals surface area contributed by atoms with Crippen molar-refractivity contribution in [3.63, 3.8) is 0 Å². The maximum absolute atomic E-state index is 14.1. The van der Waals surface area contributed by atoms with Gasteiger partial charge in [0.15, 0.2) is 11.5 Å². The molecule has 2 aromatic carbocycles. The number of carbonyl (C=O) groups is 1. The lowest BCUT2D eigenvalue weighted by atomic mass is 9.84. The molecule has 0 radical (unpaired) electrons. The second-order valence-electron chi connectivity index (χ2n) is 5.26. The molecule has 0 saturated carbocycles. The summed E-state index contributed by atoms with van der Waals surface area (Å²) < 4.78 is 37.8. The Labute approximate surface area is 124 Å². The van der Waals surface area contributed by atoms with Crippen LogP contribution in [-0.4, -0.2) is 12.7 Å². The third-order valence-corrected chi connectivity index (χ3v) is 3.92. The maximum atomic E-state index is 14.1. The van der Waals surface area contributed by atoms with Crippen LogP contribution in [0.25, 0.3) is 0 Å². The van der Waals surface area contributed by atoms with Crippen molar-refractivity contribution < 1.29 is 23.0 Å². The van der Waals surface area contributed by atoms with E-state index < -0.39 is 17.6 Å². The van der Waals surface area contributed by atoms with E-state index in [9.17, 15) is 13.6 Å². The summed E-state index contributed by atoms with van der Waals surface area (Å²) in [5.74, 6) is -0.920. The third-order valence-electron chi connectivity index (χ3n) is 3.92. The van der Waals surface area contributed by atoms with Crippen molar-refractivity contribution in [2.24, 2.45) is 0 Å². The molecule has 0 spiro atoms. The molecule has 2 aliphatic rings. The summed E-state index contributed by atoms with van der Waals surface area (Å²) in [6.45, 7) is 0.113. The van der Waals surface area contributed by atoms with Gasteiger partial charge in [-0.05, 0) is 23.3 Å². The van der Waals surface area contributed by atoms with Crippen molar-refractivity contribution in [2.45, 2.75) is 12.3 Å². The van der Waals surface area contributed by atoms with Crippen LogP contribution in [0.1, 0.15) is 23.5 Å². The Bertz CT molecular complexity index is 791. The van der Waals surface area contributed by atoms with Crippen LogP contribution in [0.2, 0.25) is 0 Å². The van der Waals surface area contributed by atoms with Gasteiger partial charge in [0.1, 0.15) is 11.6 Å². The van der Waals surface area contributed by atoms with Crippen molar-refractivity contribution >= 4 is 11.6 Å².